The van der Waals surface area contributed by atoms with Crippen molar-refractivity contribution in [3.8, 4) is 5.75 Å². The summed E-state index contributed by atoms with van der Waals surface area (Å²) >= 11 is 12.1. The summed E-state index contributed by atoms with van der Waals surface area (Å²) in [4.78, 5) is 6.58. The van der Waals surface area contributed by atoms with Crippen LogP contribution in [0.1, 0.15) is 40.3 Å². The van der Waals surface area contributed by atoms with Gasteiger partial charge >= 0.3 is 0 Å². The fourth-order valence-electron chi connectivity index (χ4n) is 4.76. The number of aryl methyl sites for hydroxylation is 1. The van der Waals surface area contributed by atoms with E-state index in [-0.39, 0.29) is 17.8 Å². The van der Waals surface area contributed by atoms with Crippen LogP contribution in [0.3, 0.4) is 0 Å². The molecule has 0 radical (unpaired) electrons. The van der Waals surface area contributed by atoms with Crippen LogP contribution in [0.25, 0.3) is 0 Å². The molecule has 34 heavy (non-hydrogen) atoms. The Labute approximate surface area is 209 Å². The van der Waals surface area contributed by atoms with E-state index in [2.05, 4.69) is 59.0 Å². The van der Waals surface area contributed by atoms with Crippen LogP contribution in [-0.4, -0.2) is 19.8 Å². The minimum absolute atomic E-state index is 0.123. The molecule has 2 atom stereocenters. The van der Waals surface area contributed by atoms with Crippen molar-refractivity contribution in [1.29, 1.82) is 0 Å². The summed E-state index contributed by atoms with van der Waals surface area (Å²) in [5.74, 6) is 0.123. The summed E-state index contributed by atoms with van der Waals surface area (Å²) in [7, 11) is 0. The summed E-state index contributed by atoms with van der Waals surface area (Å²) in [5.41, 5.74) is 6.11. The van der Waals surface area contributed by atoms with E-state index in [0.29, 0.717) is 15.8 Å². The maximum absolute atomic E-state index is 10.8. The molecule has 0 unspecified atom stereocenters. The van der Waals surface area contributed by atoms with E-state index in [1.807, 2.05) is 29.2 Å². The van der Waals surface area contributed by atoms with Gasteiger partial charge in [0, 0.05) is 29.2 Å². The second kappa shape index (κ2) is 9.12. The van der Waals surface area contributed by atoms with E-state index >= 15 is 0 Å². The number of anilines is 1. The zero-order valence-electron chi connectivity index (χ0n) is 18.9. The predicted octanol–water partition coefficient (Wildman–Crippen LogP) is 6.08. The van der Waals surface area contributed by atoms with E-state index < -0.39 is 0 Å². The van der Waals surface area contributed by atoms with Gasteiger partial charge in [0.25, 0.3) is 0 Å². The number of rotatable bonds is 5. The molecular formula is C27H25ClN4OS. The molecule has 172 valence electrons. The highest BCUT2D eigenvalue weighted by Gasteiger charge is 2.43. The molecule has 2 aromatic carbocycles. The number of benzene rings is 2. The van der Waals surface area contributed by atoms with Gasteiger partial charge in [-0.3, -0.25) is 4.98 Å². The summed E-state index contributed by atoms with van der Waals surface area (Å²) in [6.45, 7) is 5.04. The van der Waals surface area contributed by atoms with Gasteiger partial charge in [-0.25, -0.2) is 0 Å². The highest BCUT2D eigenvalue weighted by atomic mass is 35.5. The van der Waals surface area contributed by atoms with Crippen molar-refractivity contribution < 1.29 is 5.11 Å². The molecular weight excluding hydrogens is 464 g/mol. The van der Waals surface area contributed by atoms with Crippen LogP contribution >= 0.6 is 23.8 Å². The number of thiocarbonyl (C=S) groups is 1. The second-order valence-corrected chi connectivity index (χ2v) is 9.35. The predicted molar refractivity (Wildman–Crippen MR) is 140 cm³/mol. The van der Waals surface area contributed by atoms with Gasteiger partial charge in [0.15, 0.2) is 5.11 Å². The molecule has 2 N–H and O–H groups in total. The highest BCUT2D eigenvalue weighted by molar-refractivity contribution is 7.80. The zero-order chi connectivity index (χ0) is 23.8. The van der Waals surface area contributed by atoms with Gasteiger partial charge in [-0.2, -0.15) is 0 Å². The lowest BCUT2D eigenvalue weighted by molar-refractivity contribution is 0.472. The first-order chi connectivity index (χ1) is 16.4. The summed E-state index contributed by atoms with van der Waals surface area (Å²) in [5, 5.41) is 15.3. The number of aromatic hydroxyl groups is 1. The van der Waals surface area contributed by atoms with Crippen molar-refractivity contribution >= 4 is 34.6 Å². The Balaban J connectivity index is 1.65. The van der Waals surface area contributed by atoms with Gasteiger partial charge in [0.2, 0.25) is 0 Å². The van der Waals surface area contributed by atoms with Crippen molar-refractivity contribution in [1.82, 2.24) is 14.9 Å². The molecule has 1 aliphatic heterocycles. The lowest BCUT2D eigenvalue weighted by Gasteiger charge is -2.28. The average Bonchev–Trinajstić information content (AvgIpc) is 3.32. The fourth-order valence-corrected chi connectivity index (χ4v) is 5.26. The first-order valence-electron chi connectivity index (χ1n) is 11.1. The third-order valence-electron chi connectivity index (χ3n) is 6.41. The summed E-state index contributed by atoms with van der Waals surface area (Å²) in [6.07, 6.45) is 1.79. The number of pyridine rings is 1. The number of phenols is 1. The maximum atomic E-state index is 10.8. The SMILES string of the molecule is Cc1cc([C@H]2[C@@H](c3ccccn3)NC(=S)N2c2cc(Cl)ccc2O)c(C)n1Cc1ccccc1. The molecule has 3 heterocycles. The van der Waals surface area contributed by atoms with Crippen LogP contribution in [0.2, 0.25) is 5.02 Å². The summed E-state index contributed by atoms with van der Waals surface area (Å²) in [6, 6.07) is 23.1. The number of halogens is 1. The van der Waals surface area contributed by atoms with Gasteiger partial charge in [-0.15, -0.1) is 0 Å². The van der Waals surface area contributed by atoms with Gasteiger partial charge in [-0.05, 0) is 73.6 Å². The minimum Gasteiger partial charge on any atom is -0.506 e. The quantitative estimate of drug-likeness (QED) is 0.333. The molecule has 5 nitrogen and oxygen atoms in total. The van der Waals surface area contributed by atoms with Crippen molar-refractivity contribution in [3.05, 3.63) is 112 Å². The molecule has 0 spiro atoms. The Hall–Kier alpha value is -3.35. The Morgan fingerprint density at radius 3 is 2.53 bits per heavy atom. The molecule has 1 saturated heterocycles. The van der Waals surface area contributed by atoms with Crippen LogP contribution in [-0.2, 0) is 6.54 Å². The number of phenolic OH excluding ortho intramolecular Hbond substituents is 1. The molecule has 0 aliphatic carbocycles. The first kappa shape index (κ1) is 22.4. The fraction of sp³-hybridized carbons (Fsp3) is 0.185. The molecule has 5 rings (SSSR count). The molecule has 0 bridgehead atoms. The smallest absolute Gasteiger partial charge is 0.174 e. The van der Waals surface area contributed by atoms with Crippen molar-refractivity contribution in [2.24, 2.45) is 0 Å². The number of nitrogens with one attached hydrogen (secondary N) is 1. The molecule has 0 saturated carbocycles. The van der Waals surface area contributed by atoms with Crippen molar-refractivity contribution in [2.45, 2.75) is 32.5 Å². The Morgan fingerprint density at radius 2 is 1.79 bits per heavy atom. The Bertz CT molecular complexity index is 1340. The molecule has 0 amide bonds. The number of hydrogen-bond acceptors (Lipinski definition) is 3. The molecule has 4 aromatic rings. The molecule has 7 heteroatoms. The average molecular weight is 489 g/mol. The standard InChI is InChI=1S/C27H25ClN4OS/c1-17-14-21(18(2)31(17)16-19-8-4-3-5-9-19)26-25(22-10-6-7-13-29-22)30-27(34)32(26)23-15-20(28)11-12-24(23)33/h3-15,25-26,33H,16H2,1-2H3,(H,30,34)/t25-,26+/m1/s1. The lowest BCUT2D eigenvalue weighted by Crippen LogP contribution is -2.29. The van der Waals surface area contributed by atoms with Gasteiger partial charge in [0.05, 0.1) is 23.5 Å². The van der Waals surface area contributed by atoms with Crippen LogP contribution in [0, 0.1) is 13.8 Å². The van der Waals surface area contributed by atoms with E-state index in [9.17, 15) is 5.11 Å². The van der Waals surface area contributed by atoms with Crippen LogP contribution in [0.5, 0.6) is 5.75 Å². The number of hydrogen-bond donors (Lipinski definition) is 2. The molecule has 1 fully saturated rings. The first-order valence-corrected chi connectivity index (χ1v) is 11.9. The van der Waals surface area contributed by atoms with Crippen LogP contribution in [0.4, 0.5) is 5.69 Å². The van der Waals surface area contributed by atoms with Gasteiger partial charge < -0.3 is 19.9 Å². The van der Waals surface area contributed by atoms with Crippen molar-refractivity contribution in [3.63, 3.8) is 0 Å². The Kier molecular flexibility index (Phi) is 6.02. The largest absolute Gasteiger partial charge is 0.506 e. The number of aromatic nitrogens is 2. The highest BCUT2D eigenvalue weighted by Crippen LogP contribution is 2.46. The van der Waals surface area contributed by atoms with Gasteiger partial charge in [-0.1, -0.05) is 48.0 Å². The van der Waals surface area contributed by atoms with Crippen LogP contribution in [0.15, 0.2) is 79.0 Å². The lowest BCUT2D eigenvalue weighted by atomic mass is 9.96. The van der Waals surface area contributed by atoms with Crippen molar-refractivity contribution in [2.75, 3.05) is 4.90 Å². The third-order valence-corrected chi connectivity index (χ3v) is 6.96. The maximum Gasteiger partial charge on any atom is 0.174 e. The molecule has 2 aromatic heterocycles. The van der Waals surface area contributed by atoms with E-state index in [1.165, 1.54) is 5.56 Å². The van der Waals surface area contributed by atoms with E-state index in [1.54, 1.807) is 24.4 Å². The van der Waals surface area contributed by atoms with E-state index in [4.69, 9.17) is 23.8 Å². The molecule has 1 aliphatic rings. The topological polar surface area (TPSA) is 53.3 Å². The zero-order valence-corrected chi connectivity index (χ0v) is 20.5. The minimum atomic E-state index is -0.220. The monoisotopic (exact) mass is 488 g/mol. The van der Waals surface area contributed by atoms with Crippen LogP contribution < -0.4 is 10.2 Å². The van der Waals surface area contributed by atoms with Gasteiger partial charge in [0.1, 0.15) is 5.75 Å². The van der Waals surface area contributed by atoms with E-state index in [0.717, 1.165) is 29.2 Å². The number of nitrogens with zero attached hydrogens (tertiary/aromatic N) is 3. The normalized spacial score (nSPS) is 17.7. The Morgan fingerprint density at radius 1 is 1.03 bits per heavy atom. The third kappa shape index (κ3) is 4.04. The summed E-state index contributed by atoms with van der Waals surface area (Å²) < 4.78 is 2.32. The second-order valence-electron chi connectivity index (χ2n) is 8.53.